The number of ether oxygens (including phenoxy) is 1. The van der Waals surface area contributed by atoms with Gasteiger partial charge < -0.3 is 9.15 Å². The van der Waals surface area contributed by atoms with Crippen LogP contribution in [-0.2, 0) is 13.7 Å². The number of nitrogens with zero attached hydrogens (tertiary/aromatic N) is 3. The highest BCUT2D eigenvalue weighted by Crippen LogP contribution is 2.27. The van der Waals surface area contributed by atoms with Gasteiger partial charge in [0.05, 0.1) is 16.2 Å². The second kappa shape index (κ2) is 7.69. The van der Waals surface area contributed by atoms with E-state index in [1.807, 2.05) is 0 Å². The van der Waals surface area contributed by atoms with E-state index in [4.69, 9.17) is 9.15 Å². The second-order valence-corrected chi connectivity index (χ2v) is 5.82. The Balaban J connectivity index is 1.64. The predicted octanol–water partition coefficient (Wildman–Crippen LogP) is 3.70. The molecular formula is C19H17N3O5. The van der Waals surface area contributed by atoms with Crippen molar-refractivity contribution in [3.8, 4) is 5.75 Å². The number of aromatic nitrogens is 2. The first-order valence-corrected chi connectivity index (χ1v) is 8.11. The van der Waals surface area contributed by atoms with E-state index in [2.05, 4.69) is 5.10 Å². The highest BCUT2D eigenvalue weighted by Gasteiger charge is 2.14. The summed E-state index contributed by atoms with van der Waals surface area (Å²) in [5.74, 6) is 0.955. The van der Waals surface area contributed by atoms with E-state index in [1.54, 1.807) is 55.2 Å². The van der Waals surface area contributed by atoms with Gasteiger partial charge in [-0.3, -0.25) is 19.6 Å². The number of nitro groups is 1. The van der Waals surface area contributed by atoms with Crippen molar-refractivity contribution in [1.29, 1.82) is 0 Å². The molecule has 3 aromatic rings. The zero-order valence-corrected chi connectivity index (χ0v) is 14.8. The summed E-state index contributed by atoms with van der Waals surface area (Å²) < 4.78 is 12.6. The van der Waals surface area contributed by atoms with Crippen LogP contribution in [0.1, 0.15) is 27.6 Å². The Morgan fingerprint density at radius 3 is 2.81 bits per heavy atom. The SMILES string of the molecule is Cc1nn(C)cc1C(=O)C=Cc1ccc(COc2ccccc2[N+](=O)[O-])o1. The molecule has 8 heteroatoms. The molecule has 138 valence electrons. The molecule has 3 rings (SSSR count). The Hall–Kier alpha value is -3.68. The number of furan rings is 1. The maximum atomic E-state index is 12.2. The molecular weight excluding hydrogens is 350 g/mol. The summed E-state index contributed by atoms with van der Waals surface area (Å²) in [7, 11) is 1.75. The lowest BCUT2D eigenvalue weighted by Crippen LogP contribution is -1.97. The largest absolute Gasteiger partial charge is 0.479 e. The van der Waals surface area contributed by atoms with Gasteiger partial charge >= 0.3 is 5.69 Å². The highest BCUT2D eigenvalue weighted by atomic mass is 16.6. The molecule has 2 aromatic heterocycles. The van der Waals surface area contributed by atoms with Crippen LogP contribution in [-0.4, -0.2) is 20.5 Å². The number of aryl methyl sites for hydroxylation is 2. The number of hydrogen-bond donors (Lipinski definition) is 0. The lowest BCUT2D eigenvalue weighted by atomic mass is 10.1. The van der Waals surface area contributed by atoms with Crippen molar-refractivity contribution in [2.24, 2.45) is 7.05 Å². The average molecular weight is 367 g/mol. The summed E-state index contributed by atoms with van der Waals surface area (Å²) in [6.45, 7) is 1.81. The van der Waals surface area contributed by atoms with Crippen LogP contribution in [0.3, 0.4) is 0 Å². The predicted molar refractivity (Wildman–Crippen MR) is 97.4 cm³/mol. The van der Waals surface area contributed by atoms with E-state index in [0.717, 1.165) is 0 Å². The molecule has 0 bridgehead atoms. The Labute approximate surface area is 154 Å². The molecule has 0 unspecified atom stereocenters. The van der Waals surface area contributed by atoms with Crippen LogP contribution in [0.4, 0.5) is 5.69 Å². The van der Waals surface area contributed by atoms with Gasteiger partial charge in [-0.2, -0.15) is 5.10 Å². The van der Waals surface area contributed by atoms with Crippen LogP contribution in [0.25, 0.3) is 6.08 Å². The number of ketones is 1. The van der Waals surface area contributed by atoms with E-state index in [1.165, 1.54) is 18.2 Å². The monoisotopic (exact) mass is 367 g/mol. The Kier molecular flexibility index (Phi) is 5.16. The fraction of sp³-hybridized carbons (Fsp3) is 0.158. The van der Waals surface area contributed by atoms with Crippen LogP contribution in [0.15, 0.2) is 53.1 Å². The van der Waals surface area contributed by atoms with E-state index in [0.29, 0.717) is 22.8 Å². The molecule has 27 heavy (non-hydrogen) atoms. The molecule has 1 aromatic carbocycles. The van der Waals surface area contributed by atoms with Gasteiger partial charge in [-0.05, 0) is 37.3 Å². The summed E-state index contributed by atoms with van der Waals surface area (Å²) in [5, 5.41) is 15.1. The fourth-order valence-corrected chi connectivity index (χ4v) is 2.53. The third kappa shape index (κ3) is 4.30. The molecule has 0 aliphatic rings. The van der Waals surface area contributed by atoms with Crippen molar-refractivity contribution >= 4 is 17.5 Å². The zero-order valence-electron chi connectivity index (χ0n) is 14.8. The molecule has 0 saturated carbocycles. The third-order valence-electron chi connectivity index (χ3n) is 3.79. The van der Waals surface area contributed by atoms with Crippen LogP contribution in [0.5, 0.6) is 5.75 Å². The van der Waals surface area contributed by atoms with E-state index in [9.17, 15) is 14.9 Å². The number of carbonyl (C=O) groups excluding carboxylic acids is 1. The lowest BCUT2D eigenvalue weighted by Gasteiger charge is -2.04. The summed E-state index contributed by atoms with van der Waals surface area (Å²) in [6, 6.07) is 9.51. The Bertz CT molecular complexity index is 1020. The smallest absolute Gasteiger partial charge is 0.310 e. The van der Waals surface area contributed by atoms with Crippen molar-refractivity contribution in [1.82, 2.24) is 9.78 Å². The molecule has 0 spiro atoms. The van der Waals surface area contributed by atoms with E-state index in [-0.39, 0.29) is 23.8 Å². The van der Waals surface area contributed by atoms with E-state index >= 15 is 0 Å². The summed E-state index contributed by atoms with van der Waals surface area (Å²) >= 11 is 0. The van der Waals surface area contributed by atoms with Gasteiger partial charge in [-0.25, -0.2) is 0 Å². The number of nitro benzene ring substituents is 1. The Morgan fingerprint density at radius 2 is 2.11 bits per heavy atom. The van der Waals surface area contributed by atoms with Crippen molar-refractivity contribution in [2.45, 2.75) is 13.5 Å². The summed E-state index contributed by atoms with van der Waals surface area (Å²) in [6.07, 6.45) is 4.63. The van der Waals surface area contributed by atoms with Crippen LogP contribution in [0.2, 0.25) is 0 Å². The molecule has 0 N–H and O–H groups in total. The van der Waals surface area contributed by atoms with Gasteiger partial charge in [0.25, 0.3) is 0 Å². The minimum Gasteiger partial charge on any atom is -0.479 e. The molecule has 0 aliphatic heterocycles. The topological polar surface area (TPSA) is 100 Å². The minimum absolute atomic E-state index is 0.0361. The molecule has 8 nitrogen and oxygen atoms in total. The van der Waals surface area contributed by atoms with Crippen molar-refractivity contribution in [3.05, 3.63) is 81.6 Å². The molecule has 0 atom stereocenters. The normalized spacial score (nSPS) is 11.0. The van der Waals surface area contributed by atoms with Crippen molar-refractivity contribution in [2.75, 3.05) is 0 Å². The van der Waals surface area contributed by atoms with Crippen molar-refractivity contribution < 1.29 is 18.9 Å². The van der Waals surface area contributed by atoms with Gasteiger partial charge in [0, 0.05) is 19.3 Å². The van der Waals surface area contributed by atoms with Crippen LogP contribution >= 0.6 is 0 Å². The highest BCUT2D eigenvalue weighted by molar-refractivity contribution is 6.07. The van der Waals surface area contributed by atoms with Crippen LogP contribution in [0, 0.1) is 17.0 Å². The molecule has 0 fully saturated rings. The van der Waals surface area contributed by atoms with Gasteiger partial charge in [0.1, 0.15) is 18.1 Å². The number of hydrogen-bond acceptors (Lipinski definition) is 6. The third-order valence-corrected chi connectivity index (χ3v) is 3.79. The maximum Gasteiger partial charge on any atom is 0.310 e. The minimum atomic E-state index is -0.502. The fourth-order valence-electron chi connectivity index (χ4n) is 2.53. The zero-order chi connectivity index (χ0) is 19.4. The first-order chi connectivity index (χ1) is 12.9. The summed E-state index contributed by atoms with van der Waals surface area (Å²) in [4.78, 5) is 22.7. The first kappa shape index (κ1) is 18.1. The van der Waals surface area contributed by atoms with E-state index < -0.39 is 4.92 Å². The van der Waals surface area contributed by atoms with Gasteiger partial charge in [-0.1, -0.05) is 12.1 Å². The number of benzene rings is 1. The quantitative estimate of drug-likeness (QED) is 0.273. The molecule has 0 aliphatic carbocycles. The van der Waals surface area contributed by atoms with Gasteiger partial charge in [0.15, 0.2) is 11.5 Å². The molecule has 2 heterocycles. The number of rotatable bonds is 7. The first-order valence-electron chi connectivity index (χ1n) is 8.11. The Morgan fingerprint density at radius 1 is 1.33 bits per heavy atom. The molecule has 0 saturated heterocycles. The number of para-hydroxylation sites is 2. The number of carbonyl (C=O) groups is 1. The van der Waals surface area contributed by atoms with Crippen LogP contribution < -0.4 is 4.74 Å². The number of allylic oxidation sites excluding steroid dienone is 1. The van der Waals surface area contributed by atoms with Gasteiger partial charge in [-0.15, -0.1) is 0 Å². The molecule has 0 radical (unpaired) electrons. The standard InChI is InChI=1S/C19H17N3O5/c1-13-16(11-21(2)20-13)18(23)10-9-14-7-8-15(27-14)12-26-19-6-4-3-5-17(19)22(24)25/h3-11H,12H2,1-2H3. The average Bonchev–Trinajstić information content (AvgIpc) is 3.23. The van der Waals surface area contributed by atoms with Crippen molar-refractivity contribution in [3.63, 3.8) is 0 Å². The summed E-state index contributed by atoms with van der Waals surface area (Å²) in [5.41, 5.74) is 1.08. The second-order valence-electron chi connectivity index (χ2n) is 5.82. The van der Waals surface area contributed by atoms with Gasteiger partial charge in [0.2, 0.25) is 0 Å². The lowest BCUT2D eigenvalue weighted by molar-refractivity contribution is -0.386. The maximum absolute atomic E-state index is 12.2. The molecule has 0 amide bonds.